The molecule has 0 atom stereocenters. The molecule has 0 radical (unpaired) electrons. The molecule has 0 bridgehead atoms. The van der Waals surface area contributed by atoms with E-state index in [9.17, 15) is 18.0 Å². The van der Waals surface area contributed by atoms with Gasteiger partial charge >= 0.3 is 0 Å². The van der Waals surface area contributed by atoms with Crippen molar-refractivity contribution in [3.05, 3.63) is 55.4 Å². The maximum Gasteiger partial charge on any atom is 0.267 e. The summed E-state index contributed by atoms with van der Waals surface area (Å²) in [5, 5.41) is 6.54. The Hall–Kier alpha value is -2.69. The number of rotatable bonds is 7. The van der Waals surface area contributed by atoms with E-state index in [0.29, 0.717) is 21.8 Å². The van der Waals surface area contributed by atoms with Crippen molar-refractivity contribution in [2.24, 2.45) is 5.92 Å². The van der Waals surface area contributed by atoms with E-state index in [1.807, 2.05) is 19.9 Å². The zero-order valence-electron chi connectivity index (χ0n) is 20.5. The number of ketones is 1. The third-order valence-corrected chi connectivity index (χ3v) is 9.27. The first kappa shape index (κ1) is 26.4. The molecule has 2 N–H and O–H groups in total. The predicted octanol–water partition coefficient (Wildman–Crippen LogP) is 6.44. The minimum Gasteiger partial charge on any atom is -0.336 e. The highest BCUT2D eigenvalue weighted by Crippen LogP contribution is 2.34. The number of thiophene rings is 1. The summed E-state index contributed by atoms with van der Waals surface area (Å²) in [5.74, 6) is -0.893. The van der Waals surface area contributed by atoms with E-state index < -0.39 is 15.9 Å². The van der Waals surface area contributed by atoms with Crippen molar-refractivity contribution >= 4 is 56.2 Å². The first-order chi connectivity index (χ1) is 17.0. The Labute approximate surface area is 219 Å². The first-order valence-electron chi connectivity index (χ1n) is 11.7. The summed E-state index contributed by atoms with van der Waals surface area (Å²) >= 11 is 7.11. The van der Waals surface area contributed by atoms with Crippen LogP contribution >= 0.6 is 22.9 Å². The number of halogens is 1. The minimum atomic E-state index is -4.22. The van der Waals surface area contributed by atoms with Crippen LogP contribution in [0, 0.1) is 33.6 Å². The van der Waals surface area contributed by atoms with E-state index >= 15 is 0 Å². The summed E-state index contributed by atoms with van der Waals surface area (Å²) in [6, 6.07) is 5.10. The number of sulfonamides is 1. The molecular weight excluding hydrogens is 522 g/mol. The predicted molar refractivity (Wildman–Crippen MR) is 141 cm³/mol. The van der Waals surface area contributed by atoms with Gasteiger partial charge in [-0.05, 0) is 63.8 Å². The molecule has 1 amide bonds. The van der Waals surface area contributed by atoms with E-state index in [4.69, 9.17) is 16.1 Å². The number of carbonyl (C=O) groups is 2. The van der Waals surface area contributed by atoms with Crippen molar-refractivity contribution in [2.45, 2.75) is 64.7 Å². The van der Waals surface area contributed by atoms with E-state index in [-0.39, 0.29) is 32.4 Å². The number of nitrogens with zero attached hydrogens (tertiary/aromatic N) is 1. The van der Waals surface area contributed by atoms with Gasteiger partial charge in [0.2, 0.25) is 0 Å². The zero-order chi connectivity index (χ0) is 26.2. The number of aryl methyl sites for hydroxylation is 4. The Morgan fingerprint density at radius 3 is 2.42 bits per heavy atom. The molecule has 1 saturated carbocycles. The van der Waals surface area contributed by atoms with Crippen molar-refractivity contribution in [1.82, 2.24) is 5.16 Å². The van der Waals surface area contributed by atoms with Gasteiger partial charge in [0.15, 0.2) is 5.78 Å². The molecule has 0 unspecified atom stereocenters. The molecular formula is C25H28ClN3O5S2. The maximum atomic E-state index is 13.4. The lowest BCUT2D eigenvalue weighted by Gasteiger charge is -2.23. The lowest BCUT2D eigenvalue weighted by atomic mass is 9.82. The summed E-state index contributed by atoms with van der Waals surface area (Å²) in [5.41, 5.74) is 2.87. The van der Waals surface area contributed by atoms with Crippen LogP contribution < -0.4 is 10.0 Å². The summed E-state index contributed by atoms with van der Waals surface area (Å²) < 4.78 is 33.6. The van der Waals surface area contributed by atoms with Gasteiger partial charge in [-0.3, -0.25) is 9.59 Å². The second-order valence-electron chi connectivity index (χ2n) is 9.22. The summed E-state index contributed by atoms with van der Waals surface area (Å²) in [7, 11) is -4.22. The average Bonchev–Trinajstić information content (AvgIpc) is 3.38. The normalized spacial score (nSPS) is 14.6. The number of amides is 1. The van der Waals surface area contributed by atoms with Gasteiger partial charge < -0.3 is 9.84 Å². The monoisotopic (exact) mass is 549 g/mol. The summed E-state index contributed by atoms with van der Waals surface area (Å²) in [4.78, 5) is 27.3. The van der Waals surface area contributed by atoms with Crippen LogP contribution in [0.3, 0.4) is 0 Å². The third kappa shape index (κ3) is 5.35. The molecule has 192 valence electrons. The second-order valence-corrected chi connectivity index (χ2v) is 12.5. The molecule has 3 aromatic rings. The fraction of sp³-hybridized carbons (Fsp3) is 0.400. The third-order valence-electron chi connectivity index (χ3n) is 6.29. The lowest BCUT2D eigenvalue weighted by Crippen LogP contribution is -2.23. The lowest BCUT2D eigenvalue weighted by molar-refractivity contribution is 0.0890. The van der Waals surface area contributed by atoms with Gasteiger partial charge in [-0.25, -0.2) is 13.1 Å². The number of anilines is 2. The number of benzene rings is 1. The highest BCUT2D eigenvalue weighted by molar-refractivity contribution is 7.93. The topological polar surface area (TPSA) is 118 Å². The van der Waals surface area contributed by atoms with Crippen molar-refractivity contribution in [1.29, 1.82) is 0 Å². The van der Waals surface area contributed by atoms with Gasteiger partial charge in [0, 0.05) is 16.4 Å². The smallest absolute Gasteiger partial charge is 0.267 e. The molecule has 2 aromatic heterocycles. The van der Waals surface area contributed by atoms with Crippen molar-refractivity contribution in [3.8, 4) is 0 Å². The van der Waals surface area contributed by atoms with Gasteiger partial charge in [-0.2, -0.15) is 0 Å². The van der Waals surface area contributed by atoms with Crippen molar-refractivity contribution in [3.63, 3.8) is 0 Å². The van der Waals surface area contributed by atoms with Crippen molar-refractivity contribution in [2.75, 3.05) is 10.0 Å². The molecule has 36 heavy (non-hydrogen) atoms. The molecule has 1 aliphatic carbocycles. The molecule has 2 heterocycles. The number of hydrogen-bond acceptors (Lipinski definition) is 7. The van der Waals surface area contributed by atoms with E-state index in [0.717, 1.165) is 54.6 Å². The Kier molecular flexibility index (Phi) is 7.59. The highest BCUT2D eigenvalue weighted by atomic mass is 35.5. The zero-order valence-corrected chi connectivity index (χ0v) is 22.9. The van der Waals surface area contributed by atoms with Gasteiger partial charge in [0.25, 0.3) is 21.8 Å². The summed E-state index contributed by atoms with van der Waals surface area (Å²) in [6.45, 7) is 7.02. The molecule has 1 aliphatic rings. The Bertz CT molecular complexity index is 1440. The highest BCUT2D eigenvalue weighted by Gasteiger charge is 2.30. The van der Waals surface area contributed by atoms with Crippen LogP contribution in [0.15, 0.2) is 27.6 Å². The largest absolute Gasteiger partial charge is 0.336 e. The molecule has 11 heteroatoms. The Balaban J connectivity index is 1.67. The quantitative estimate of drug-likeness (QED) is 0.327. The number of Topliss-reactive ketones (excluding diaryl/α,β-unsaturated/α-hetero) is 1. The van der Waals surface area contributed by atoms with Crippen molar-refractivity contribution < 1.29 is 22.5 Å². The SMILES string of the molecule is Cc1cc(C)c(NC(=O)c2sc(C)cc2S(=O)(=O)Nc2onc(C)c2Cl)c(C(=O)C2CCCCC2)c1. The van der Waals surface area contributed by atoms with E-state index in [1.165, 1.54) is 6.07 Å². The number of hydrogen-bond donors (Lipinski definition) is 2. The van der Waals surface area contributed by atoms with Gasteiger partial charge in [0.1, 0.15) is 20.5 Å². The Morgan fingerprint density at radius 1 is 1.08 bits per heavy atom. The van der Waals surface area contributed by atoms with Crippen LogP contribution in [0.1, 0.15) is 73.8 Å². The fourth-order valence-corrected chi connectivity index (χ4v) is 7.20. The standard InChI is InChI=1S/C25H28ClN3O5S2/c1-13-10-14(2)21(18(11-13)22(30)17-8-6-5-7-9-17)27-24(31)23-19(12-15(3)35-23)36(32,33)29-25-20(26)16(4)28-34-25/h10-12,17,29H,5-9H2,1-4H3,(H,27,31). The van der Waals surface area contributed by atoms with Crippen LogP contribution in [-0.4, -0.2) is 25.3 Å². The van der Waals surface area contributed by atoms with Crippen LogP contribution in [0.25, 0.3) is 0 Å². The van der Waals surface area contributed by atoms with Gasteiger partial charge in [0.05, 0.1) is 5.69 Å². The number of aromatic nitrogens is 1. The molecule has 1 fully saturated rings. The van der Waals surface area contributed by atoms with Crippen LogP contribution in [0.2, 0.25) is 5.02 Å². The number of carbonyl (C=O) groups excluding carboxylic acids is 2. The molecule has 0 saturated heterocycles. The minimum absolute atomic E-state index is 0.0107. The second kappa shape index (κ2) is 10.4. The molecule has 1 aromatic carbocycles. The van der Waals surface area contributed by atoms with Gasteiger partial charge in [-0.15, -0.1) is 11.3 Å². The summed E-state index contributed by atoms with van der Waals surface area (Å²) in [6.07, 6.45) is 4.82. The van der Waals surface area contributed by atoms with E-state index in [2.05, 4.69) is 15.2 Å². The Morgan fingerprint density at radius 2 is 1.78 bits per heavy atom. The van der Waals surface area contributed by atoms with Crippen LogP contribution in [-0.2, 0) is 10.0 Å². The van der Waals surface area contributed by atoms with Crippen LogP contribution in [0.4, 0.5) is 11.6 Å². The average molecular weight is 550 g/mol. The molecule has 8 nitrogen and oxygen atoms in total. The fourth-order valence-electron chi connectivity index (χ4n) is 4.53. The van der Waals surface area contributed by atoms with Crippen LogP contribution in [0.5, 0.6) is 0 Å². The number of nitrogens with one attached hydrogen (secondary N) is 2. The van der Waals surface area contributed by atoms with Gasteiger partial charge in [-0.1, -0.05) is 42.1 Å². The maximum absolute atomic E-state index is 13.4. The first-order valence-corrected chi connectivity index (χ1v) is 14.4. The molecule has 0 spiro atoms. The molecule has 4 rings (SSSR count). The van der Waals surface area contributed by atoms with E-state index in [1.54, 1.807) is 19.9 Å². The molecule has 0 aliphatic heterocycles.